The standard InChI is InChI=1S/C18H28N4O2/c1-14-6-8-18(9-7-14,20-15(2)23)17(24)22-12-3-5-16(22)13-21-11-4-10-19-21/h4,10-11,14,16H,3,5-9,12-13H2,1-2H3,(H,20,23). The van der Waals surface area contributed by atoms with E-state index in [2.05, 4.69) is 17.3 Å². The van der Waals surface area contributed by atoms with Crippen LogP contribution in [0.1, 0.15) is 52.4 Å². The number of likely N-dealkylation sites (tertiary alicyclic amines) is 1. The summed E-state index contributed by atoms with van der Waals surface area (Å²) in [5.74, 6) is 0.623. The van der Waals surface area contributed by atoms with Gasteiger partial charge in [-0.25, -0.2) is 0 Å². The van der Waals surface area contributed by atoms with E-state index in [-0.39, 0.29) is 17.9 Å². The van der Waals surface area contributed by atoms with E-state index < -0.39 is 5.54 Å². The maximum atomic E-state index is 13.4. The monoisotopic (exact) mass is 332 g/mol. The number of aromatic nitrogens is 2. The molecule has 1 aromatic heterocycles. The van der Waals surface area contributed by atoms with Gasteiger partial charge in [0, 0.05) is 25.9 Å². The van der Waals surface area contributed by atoms with Crippen molar-refractivity contribution in [2.24, 2.45) is 5.92 Å². The Morgan fingerprint density at radius 3 is 2.67 bits per heavy atom. The molecule has 2 heterocycles. The minimum atomic E-state index is -0.703. The number of hydrogen-bond donors (Lipinski definition) is 1. The van der Waals surface area contributed by atoms with Crippen molar-refractivity contribution >= 4 is 11.8 Å². The van der Waals surface area contributed by atoms with E-state index in [4.69, 9.17) is 0 Å². The molecule has 0 spiro atoms. The number of nitrogens with zero attached hydrogens (tertiary/aromatic N) is 3. The Morgan fingerprint density at radius 2 is 2.04 bits per heavy atom. The van der Waals surface area contributed by atoms with E-state index >= 15 is 0 Å². The van der Waals surface area contributed by atoms with E-state index in [9.17, 15) is 9.59 Å². The molecule has 0 bridgehead atoms. The number of amides is 2. The first kappa shape index (κ1) is 17.0. The molecule has 1 N–H and O–H groups in total. The van der Waals surface area contributed by atoms with Gasteiger partial charge in [0.1, 0.15) is 5.54 Å². The highest BCUT2D eigenvalue weighted by molar-refractivity contribution is 5.91. The van der Waals surface area contributed by atoms with Crippen molar-refractivity contribution in [3.63, 3.8) is 0 Å². The Morgan fingerprint density at radius 1 is 1.29 bits per heavy atom. The molecule has 1 aromatic rings. The summed E-state index contributed by atoms with van der Waals surface area (Å²) in [6.45, 7) is 5.24. The molecule has 2 amide bonds. The van der Waals surface area contributed by atoms with Crippen molar-refractivity contribution in [1.82, 2.24) is 20.0 Å². The summed E-state index contributed by atoms with van der Waals surface area (Å²) in [7, 11) is 0. The topological polar surface area (TPSA) is 67.2 Å². The summed E-state index contributed by atoms with van der Waals surface area (Å²) in [5, 5.41) is 7.29. The molecule has 1 unspecified atom stereocenters. The lowest BCUT2D eigenvalue weighted by molar-refractivity contribution is -0.144. The fourth-order valence-corrected chi connectivity index (χ4v) is 4.18. The molecule has 24 heavy (non-hydrogen) atoms. The highest BCUT2D eigenvalue weighted by Crippen LogP contribution is 2.35. The van der Waals surface area contributed by atoms with Crippen molar-refractivity contribution in [3.05, 3.63) is 18.5 Å². The van der Waals surface area contributed by atoms with E-state index in [0.717, 1.165) is 51.6 Å². The predicted molar refractivity (Wildman–Crippen MR) is 91.1 cm³/mol. The zero-order valence-electron chi connectivity index (χ0n) is 14.7. The van der Waals surface area contributed by atoms with Gasteiger partial charge in [0.15, 0.2) is 0 Å². The second-order valence-corrected chi connectivity index (χ2v) is 7.47. The Labute approximate surface area is 143 Å². The van der Waals surface area contributed by atoms with Crippen LogP contribution in [0.4, 0.5) is 0 Å². The molecule has 1 saturated heterocycles. The first-order valence-electron chi connectivity index (χ1n) is 9.07. The fraction of sp³-hybridized carbons (Fsp3) is 0.722. The van der Waals surface area contributed by atoms with Crippen LogP contribution < -0.4 is 5.32 Å². The third-order valence-electron chi connectivity index (χ3n) is 5.55. The van der Waals surface area contributed by atoms with Crippen molar-refractivity contribution in [2.45, 2.75) is 70.5 Å². The van der Waals surface area contributed by atoms with E-state index in [1.54, 1.807) is 6.20 Å². The van der Waals surface area contributed by atoms with Crippen LogP contribution in [-0.4, -0.2) is 44.6 Å². The zero-order valence-corrected chi connectivity index (χ0v) is 14.7. The average Bonchev–Trinajstić information content (AvgIpc) is 3.21. The van der Waals surface area contributed by atoms with Crippen LogP contribution in [-0.2, 0) is 16.1 Å². The molecule has 2 aliphatic rings. The molecule has 1 aliphatic heterocycles. The van der Waals surface area contributed by atoms with Crippen LogP contribution in [0.3, 0.4) is 0 Å². The highest BCUT2D eigenvalue weighted by atomic mass is 16.2. The zero-order chi connectivity index (χ0) is 17.2. The number of carbonyl (C=O) groups is 2. The number of nitrogens with one attached hydrogen (secondary N) is 1. The summed E-state index contributed by atoms with van der Waals surface area (Å²) in [4.78, 5) is 27.1. The summed E-state index contributed by atoms with van der Waals surface area (Å²) >= 11 is 0. The van der Waals surface area contributed by atoms with Crippen LogP contribution >= 0.6 is 0 Å². The number of hydrogen-bond acceptors (Lipinski definition) is 3. The largest absolute Gasteiger partial charge is 0.342 e. The van der Waals surface area contributed by atoms with Crippen molar-refractivity contribution < 1.29 is 9.59 Å². The van der Waals surface area contributed by atoms with Gasteiger partial charge in [0.2, 0.25) is 11.8 Å². The number of rotatable bonds is 4. The smallest absolute Gasteiger partial charge is 0.248 e. The van der Waals surface area contributed by atoms with Gasteiger partial charge in [-0.05, 0) is 50.5 Å². The quantitative estimate of drug-likeness (QED) is 0.916. The molecule has 6 nitrogen and oxygen atoms in total. The van der Waals surface area contributed by atoms with Gasteiger partial charge in [-0.15, -0.1) is 0 Å². The SMILES string of the molecule is CC(=O)NC1(C(=O)N2CCCC2Cn2cccn2)CCC(C)CC1. The maximum Gasteiger partial charge on any atom is 0.248 e. The Bertz CT molecular complexity index is 576. The van der Waals surface area contributed by atoms with Crippen LogP contribution in [0.2, 0.25) is 0 Å². The molecule has 0 aromatic carbocycles. The molecule has 1 aliphatic carbocycles. The Hall–Kier alpha value is -1.85. The second kappa shape index (κ2) is 6.95. The van der Waals surface area contributed by atoms with Gasteiger partial charge in [-0.3, -0.25) is 14.3 Å². The minimum absolute atomic E-state index is 0.110. The minimum Gasteiger partial charge on any atom is -0.342 e. The average molecular weight is 332 g/mol. The van der Waals surface area contributed by atoms with Crippen LogP contribution in [0.25, 0.3) is 0 Å². The molecule has 1 atom stereocenters. The van der Waals surface area contributed by atoms with Gasteiger partial charge >= 0.3 is 0 Å². The van der Waals surface area contributed by atoms with Crippen LogP contribution in [0.15, 0.2) is 18.5 Å². The van der Waals surface area contributed by atoms with Crippen LogP contribution in [0, 0.1) is 5.92 Å². The highest BCUT2D eigenvalue weighted by Gasteiger charge is 2.46. The lowest BCUT2D eigenvalue weighted by atomic mass is 9.76. The van der Waals surface area contributed by atoms with Crippen molar-refractivity contribution in [2.75, 3.05) is 6.54 Å². The lowest BCUT2D eigenvalue weighted by Crippen LogP contribution is -2.61. The van der Waals surface area contributed by atoms with E-state index in [1.807, 2.05) is 21.8 Å². The first-order valence-corrected chi connectivity index (χ1v) is 9.07. The molecule has 2 fully saturated rings. The van der Waals surface area contributed by atoms with E-state index in [0.29, 0.717) is 5.92 Å². The molecular formula is C18H28N4O2. The molecule has 3 rings (SSSR count). The first-order chi connectivity index (χ1) is 11.5. The fourth-order valence-electron chi connectivity index (χ4n) is 4.18. The number of carbonyl (C=O) groups excluding carboxylic acids is 2. The third-order valence-corrected chi connectivity index (χ3v) is 5.55. The van der Waals surface area contributed by atoms with Crippen molar-refractivity contribution in [3.8, 4) is 0 Å². The molecule has 1 saturated carbocycles. The van der Waals surface area contributed by atoms with Gasteiger partial charge in [0.05, 0.1) is 12.6 Å². The molecule has 132 valence electrons. The molecule has 0 radical (unpaired) electrons. The molecular weight excluding hydrogens is 304 g/mol. The Kier molecular flexibility index (Phi) is 4.92. The van der Waals surface area contributed by atoms with Crippen molar-refractivity contribution in [1.29, 1.82) is 0 Å². The maximum absolute atomic E-state index is 13.4. The molecule has 6 heteroatoms. The Balaban J connectivity index is 1.77. The predicted octanol–water partition coefficient (Wildman–Crippen LogP) is 1.96. The third kappa shape index (κ3) is 3.47. The normalized spacial score (nSPS) is 30.3. The van der Waals surface area contributed by atoms with Gasteiger partial charge in [0.25, 0.3) is 0 Å². The van der Waals surface area contributed by atoms with Gasteiger partial charge in [-0.2, -0.15) is 5.10 Å². The summed E-state index contributed by atoms with van der Waals surface area (Å²) in [5.41, 5.74) is -0.703. The lowest BCUT2D eigenvalue weighted by Gasteiger charge is -2.42. The van der Waals surface area contributed by atoms with E-state index in [1.165, 1.54) is 6.92 Å². The van der Waals surface area contributed by atoms with Gasteiger partial charge in [-0.1, -0.05) is 6.92 Å². The summed E-state index contributed by atoms with van der Waals surface area (Å²) < 4.78 is 1.89. The van der Waals surface area contributed by atoms with Crippen LogP contribution in [0.5, 0.6) is 0 Å². The summed E-state index contributed by atoms with van der Waals surface area (Å²) in [6, 6.07) is 2.07. The van der Waals surface area contributed by atoms with Gasteiger partial charge < -0.3 is 10.2 Å². The second-order valence-electron chi connectivity index (χ2n) is 7.47. The summed E-state index contributed by atoms with van der Waals surface area (Å²) in [6.07, 6.45) is 9.19.